The van der Waals surface area contributed by atoms with E-state index >= 15 is 0 Å². The summed E-state index contributed by atoms with van der Waals surface area (Å²) in [6.45, 7) is 6.65. The standard InChI is InChI=1S/C21H26ClN3O2/c1-17(26)23-27-16-15-24-11-13-25(14-12-24)21(18-5-3-2-4-6-18)19-7-9-20(22)10-8-19/h2-10,21H,11-16H2,1H3,(H,23,26)/t21-/m0/s1. The molecule has 2 aromatic rings. The zero-order valence-corrected chi connectivity index (χ0v) is 16.4. The van der Waals surface area contributed by atoms with Gasteiger partial charge in [-0.3, -0.25) is 19.4 Å². The van der Waals surface area contributed by atoms with Crippen LogP contribution in [0, 0.1) is 0 Å². The average Bonchev–Trinajstić information content (AvgIpc) is 2.69. The van der Waals surface area contributed by atoms with Crippen molar-refractivity contribution in [3.8, 4) is 0 Å². The number of hydrogen-bond acceptors (Lipinski definition) is 4. The highest BCUT2D eigenvalue weighted by Gasteiger charge is 2.26. The number of amides is 1. The predicted molar refractivity (Wildman–Crippen MR) is 108 cm³/mol. The number of rotatable bonds is 7. The van der Waals surface area contributed by atoms with Crippen LogP contribution in [-0.4, -0.2) is 55.0 Å². The molecule has 3 rings (SSSR count). The van der Waals surface area contributed by atoms with Crippen molar-refractivity contribution in [1.82, 2.24) is 15.3 Å². The molecule has 1 fully saturated rings. The molecule has 0 aromatic heterocycles. The van der Waals surface area contributed by atoms with Gasteiger partial charge in [0.25, 0.3) is 0 Å². The molecule has 1 heterocycles. The Morgan fingerprint density at radius 2 is 1.67 bits per heavy atom. The molecule has 0 spiro atoms. The summed E-state index contributed by atoms with van der Waals surface area (Å²) in [5.41, 5.74) is 4.92. The van der Waals surface area contributed by atoms with Crippen molar-refractivity contribution in [2.75, 3.05) is 39.3 Å². The molecule has 0 unspecified atom stereocenters. The van der Waals surface area contributed by atoms with Crippen molar-refractivity contribution in [2.45, 2.75) is 13.0 Å². The second-order valence-corrected chi connectivity index (χ2v) is 7.19. The van der Waals surface area contributed by atoms with Gasteiger partial charge in [-0.15, -0.1) is 0 Å². The number of nitrogens with zero attached hydrogens (tertiary/aromatic N) is 2. The van der Waals surface area contributed by atoms with Gasteiger partial charge in [0.15, 0.2) is 0 Å². The van der Waals surface area contributed by atoms with Gasteiger partial charge in [0.05, 0.1) is 12.6 Å². The molecule has 0 aliphatic carbocycles. The molecule has 1 aliphatic rings. The van der Waals surface area contributed by atoms with Crippen LogP contribution in [-0.2, 0) is 9.63 Å². The van der Waals surface area contributed by atoms with E-state index < -0.39 is 0 Å². The Balaban J connectivity index is 1.63. The van der Waals surface area contributed by atoms with E-state index in [-0.39, 0.29) is 11.9 Å². The van der Waals surface area contributed by atoms with E-state index in [1.807, 2.05) is 12.1 Å². The normalized spacial score (nSPS) is 16.8. The zero-order valence-electron chi connectivity index (χ0n) is 15.6. The molecule has 27 heavy (non-hydrogen) atoms. The van der Waals surface area contributed by atoms with E-state index in [1.54, 1.807) is 0 Å². The summed E-state index contributed by atoms with van der Waals surface area (Å²) in [5.74, 6) is -0.173. The van der Waals surface area contributed by atoms with Gasteiger partial charge >= 0.3 is 0 Å². The molecule has 1 aliphatic heterocycles. The van der Waals surface area contributed by atoms with E-state index in [1.165, 1.54) is 18.1 Å². The summed E-state index contributed by atoms with van der Waals surface area (Å²) in [6.07, 6.45) is 0. The number of halogens is 1. The van der Waals surface area contributed by atoms with Crippen molar-refractivity contribution >= 4 is 17.5 Å². The zero-order chi connectivity index (χ0) is 19.1. The third kappa shape index (κ3) is 5.78. The molecule has 5 nitrogen and oxygen atoms in total. The minimum absolute atomic E-state index is 0.173. The Hall–Kier alpha value is -1.92. The van der Waals surface area contributed by atoms with Gasteiger partial charge in [0.2, 0.25) is 5.91 Å². The molecule has 0 radical (unpaired) electrons. The summed E-state index contributed by atoms with van der Waals surface area (Å²) < 4.78 is 0. The van der Waals surface area contributed by atoms with Gasteiger partial charge in [-0.05, 0) is 23.3 Å². The fourth-order valence-electron chi connectivity index (χ4n) is 3.47. The molecule has 1 atom stereocenters. The molecule has 6 heteroatoms. The van der Waals surface area contributed by atoms with Crippen LogP contribution in [0.25, 0.3) is 0 Å². The van der Waals surface area contributed by atoms with E-state index in [2.05, 4.69) is 57.7 Å². The number of hydrogen-bond donors (Lipinski definition) is 1. The van der Waals surface area contributed by atoms with Crippen molar-refractivity contribution in [1.29, 1.82) is 0 Å². The molecule has 0 bridgehead atoms. The fraction of sp³-hybridized carbons (Fsp3) is 0.381. The molecule has 1 saturated heterocycles. The van der Waals surface area contributed by atoms with E-state index in [0.717, 1.165) is 37.7 Å². The first-order valence-corrected chi connectivity index (χ1v) is 9.66. The number of carbonyl (C=O) groups excluding carboxylic acids is 1. The van der Waals surface area contributed by atoms with Gasteiger partial charge in [-0.1, -0.05) is 54.1 Å². The van der Waals surface area contributed by atoms with Gasteiger partial charge in [-0.2, -0.15) is 0 Å². The lowest BCUT2D eigenvalue weighted by Crippen LogP contribution is -2.48. The van der Waals surface area contributed by atoms with Crippen LogP contribution in [0.5, 0.6) is 0 Å². The summed E-state index contributed by atoms with van der Waals surface area (Å²) in [4.78, 5) is 20.9. The number of nitrogens with one attached hydrogen (secondary N) is 1. The largest absolute Gasteiger partial charge is 0.298 e. The Kier molecular flexibility index (Phi) is 7.24. The Labute approximate surface area is 165 Å². The molecular formula is C21H26ClN3O2. The monoisotopic (exact) mass is 387 g/mol. The minimum Gasteiger partial charge on any atom is -0.298 e. The maximum absolute atomic E-state index is 10.8. The van der Waals surface area contributed by atoms with Gasteiger partial charge in [0, 0.05) is 44.7 Å². The van der Waals surface area contributed by atoms with Crippen LogP contribution in [0.1, 0.15) is 24.1 Å². The molecule has 0 saturated carbocycles. The number of hydroxylamine groups is 1. The number of carbonyl (C=O) groups is 1. The first-order chi connectivity index (χ1) is 13.1. The lowest BCUT2D eigenvalue weighted by atomic mass is 9.96. The maximum atomic E-state index is 10.8. The molecule has 144 valence electrons. The lowest BCUT2D eigenvalue weighted by Gasteiger charge is -2.39. The summed E-state index contributed by atoms with van der Waals surface area (Å²) in [7, 11) is 0. The minimum atomic E-state index is -0.173. The van der Waals surface area contributed by atoms with Crippen molar-refractivity contribution in [3.63, 3.8) is 0 Å². The Bertz CT molecular complexity index is 716. The SMILES string of the molecule is CC(=O)NOCCN1CCN([C@@H](c2ccccc2)c2ccc(Cl)cc2)CC1. The fourth-order valence-corrected chi connectivity index (χ4v) is 3.59. The van der Waals surface area contributed by atoms with Gasteiger partial charge in [-0.25, -0.2) is 5.48 Å². The van der Waals surface area contributed by atoms with Crippen LogP contribution >= 0.6 is 11.6 Å². The molecular weight excluding hydrogens is 362 g/mol. The van der Waals surface area contributed by atoms with E-state index in [4.69, 9.17) is 16.4 Å². The Morgan fingerprint density at radius 3 is 2.30 bits per heavy atom. The number of piperazine rings is 1. The molecule has 1 amide bonds. The third-order valence-corrected chi connectivity index (χ3v) is 5.05. The average molecular weight is 388 g/mol. The smallest absolute Gasteiger partial charge is 0.240 e. The highest BCUT2D eigenvalue weighted by Crippen LogP contribution is 2.30. The van der Waals surface area contributed by atoms with Crippen molar-refractivity contribution in [2.24, 2.45) is 0 Å². The van der Waals surface area contributed by atoms with E-state index in [0.29, 0.717) is 6.61 Å². The summed E-state index contributed by atoms with van der Waals surface area (Å²) in [5, 5.41) is 0.759. The van der Waals surface area contributed by atoms with E-state index in [9.17, 15) is 4.79 Å². The summed E-state index contributed by atoms with van der Waals surface area (Å²) >= 11 is 6.09. The second-order valence-electron chi connectivity index (χ2n) is 6.75. The second kappa shape index (κ2) is 9.85. The quantitative estimate of drug-likeness (QED) is 0.585. The molecule has 1 N–H and O–H groups in total. The van der Waals surface area contributed by atoms with Crippen LogP contribution in [0.15, 0.2) is 54.6 Å². The highest BCUT2D eigenvalue weighted by molar-refractivity contribution is 6.30. The van der Waals surface area contributed by atoms with Crippen LogP contribution in [0.4, 0.5) is 0 Å². The first kappa shape index (κ1) is 19.8. The van der Waals surface area contributed by atoms with Crippen molar-refractivity contribution < 1.29 is 9.63 Å². The maximum Gasteiger partial charge on any atom is 0.240 e. The highest BCUT2D eigenvalue weighted by atomic mass is 35.5. The topological polar surface area (TPSA) is 44.8 Å². The third-order valence-electron chi connectivity index (χ3n) is 4.80. The van der Waals surface area contributed by atoms with Crippen LogP contribution in [0.2, 0.25) is 5.02 Å². The molecule has 2 aromatic carbocycles. The Morgan fingerprint density at radius 1 is 1.04 bits per heavy atom. The van der Waals surface area contributed by atoms with Crippen LogP contribution < -0.4 is 5.48 Å². The lowest BCUT2D eigenvalue weighted by molar-refractivity contribution is -0.131. The van der Waals surface area contributed by atoms with Gasteiger partial charge < -0.3 is 0 Å². The summed E-state index contributed by atoms with van der Waals surface area (Å²) in [6, 6.07) is 19.0. The number of benzene rings is 2. The first-order valence-electron chi connectivity index (χ1n) is 9.28. The van der Waals surface area contributed by atoms with Crippen molar-refractivity contribution in [3.05, 3.63) is 70.7 Å². The van der Waals surface area contributed by atoms with Crippen LogP contribution in [0.3, 0.4) is 0 Å². The predicted octanol–water partition coefficient (Wildman–Crippen LogP) is 3.11. The van der Waals surface area contributed by atoms with Gasteiger partial charge in [0.1, 0.15) is 0 Å².